The van der Waals surface area contributed by atoms with Gasteiger partial charge in [-0.25, -0.2) is 0 Å². The molecule has 0 spiro atoms. The quantitative estimate of drug-likeness (QED) is 0.0315. The van der Waals surface area contributed by atoms with Crippen LogP contribution in [-0.2, 0) is 4.79 Å². The Balaban J connectivity index is 3.62. The first-order valence-corrected chi connectivity index (χ1v) is 23.6. The summed E-state index contributed by atoms with van der Waals surface area (Å²) in [5.41, 5.74) is 0. The standard InChI is InChI=1S/C47H93NO5/c1-3-5-7-9-11-13-15-16-17-18-19-20-21-22-23-24-25-26-27-28-29-31-33-35-37-39-41-45(51)47(53)48-43(42-49)46(52)44(50)40-38-36-34-32-30-14-12-10-8-6-4-2/h22-23,43-46,49-52H,3-21,24-42H2,1-2H3,(H,48,53)/b23-22-. The molecule has 0 saturated heterocycles. The summed E-state index contributed by atoms with van der Waals surface area (Å²) in [5.74, 6) is -0.583. The first-order chi connectivity index (χ1) is 26.0. The monoisotopic (exact) mass is 752 g/mol. The number of allylic oxidation sites excluding steroid dienone is 2. The van der Waals surface area contributed by atoms with Crippen LogP contribution in [0.2, 0.25) is 0 Å². The Morgan fingerprint density at radius 3 is 1.09 bits per heavy atom. The SMILES string of the molecule is CCCCCCCCCCCCCC/C=C\CCCCCCCCCCCCC(O)C(=O)NC(CO)C(O)C(O)CCCCCCCCCCCCC. The predicted molar refractivity (Wildman–Crippen MR) is 228 cm³/mol. The number of nitrogens with one attached hydrogen (secondary N) is 1. The number of carbonyl (C=O) groups is 1. The molecule has 0 aliphatic heterocycles. The van der Waals surface area contributed by atoms with E-state index in [0.29, 0.717) is 12.8 Å². The van der Waals surface area contributed by atoms with Gasteiger partial charge in [0.1, 0.15) is 12.2 Å². The van der Waals surface area contributed by atoms with Gasteiger partial charge in [0, 0.05) is 0 Å². The normalized spacial score (nSPS) is 14.2. The molecule has 6 heteroatoms. The Hall–Kier alpha value is -0.950. The second-order valence-corrected chi connectivity index (χ2v) is 16.5. The number of amides is 1. The lowest BCUT2D eigenvalue weighted by Gasteiger charge is -2.27. The largest absolute Gasteiger partial charge is 0.394 e. The molecule has 0 fully saturated rings. The van der Waals surface area contributed by atoms with E-state index in [2.05, 4.69) is 31.3 Å². The summed E-state index contributed by atoms with van der Waals surface area (Å²) >= 11 is 0. The van der Waals surface area contributed by atoms with E-state index in [1.54, 1.807) is 0 Å². The third-order valence-corrected chi connectivity index (χ3v) is 11.2. The van der Waals surface area contributed by atoms with Gasteiger partial charge in [-0.1, -0.05) is 225 Å². The van der Waals surface area contributed by atoms with Crippen LogP contribution >= 0.6 is 0 Å². The van der Waals surface area contributed by atoms with Crippen molar-refractivity contribution in [3.05, 3.63) is 12.2 Å². The van der Waals surface area contributed by atoms with Gasteiger partial charge in [0.05, 0.1) is 18.8 Å². The number of aliphatic hydroxyl groups is 4. The minimum atomic E-state index is -1.25. The molecule has 0 aliphatic carbocycles. The fourth-order valence-electron chi connectivity index (χ4n) is 7.46. The van der Waals surface area contributed by atoms with Crippen molar-refractivity contribution in [1.29, 1.82) is 0 Å². The molecular formula is C47H93NO5. The molecule has 0 aliphatic rings. The van der Waals surface area contributed by atoms with E-state index in [1.807, 2.05) is 0 Å². The average Bonchev–Trinajstić information content (AvgIpc) is 3.16. The minimum absolute atomic E-state index is 0.370. The smallest absolute Gasteiger partial charge is 0.249 e. The van der Waals surface area contributed by atoms with E-state index in [9.17, 15) is 25.2 Å². The molecular weight excluding hydrogens is 659 g/mol. The number of unbranched alkanes of at least 4 members (excludes halogenated alkanes) is 32. The number of rotatable bonds is 43. The second-order valence-electron chi connectivity index (χ2n) is 16.5. The molecule has 316 valence electrons. The number of hydrogen-bond acceptors (Lipinski definition) is 5. The maximum Gasteiger partial charge on any atom is 0.249 e. The van der Waals surface area contributed by atoms with Crippen LogP contribution < -0.4 is 5.32 Å². The predicted octanol–water partition coefficient (Wildman–Crippen LogP) is 12.6. The van der Waals surface area contributed by atoms with Gasteiger partial charge >= 0.3 is 0 Å². The Morgan fingerprint density at radius 1 is 0.453 bits per heavy atom. The Kier molecular flexibility index (Phi) is 41.4. The molecule has 53 heavy (non-hydrogen) atoms. The van der Waals surface area contributed by atoms with Gasteiger partial charge in [-0.15, -0.1) is 0 Å². The van der Waals surface area contributed by atoms with Crippen LogP contribution in [0, 0.1) is 0 Å². The Morgan fingerprint density at radius 2 is 0.755 bits per heavy atom. The van der Waals surface area contributed by atoms with Gasteiger partial charge in [0.2, 0.25) is 5.91 Å². The summed E-state index contributed by atoms with van der Waals surface area (Å²) in [6, 6.07) is -0.981. The lowest BCUT2D eigenvalue weighted by molar-refractivity contribution is -0.132. The van der Waals surface area contributed by atoms with Crippen LogP contribution in [0.25, 0.3) is 0 Å². The van der Waals surface area contributed by atoms with Gasteiger partial charge in [-0.05, 0) is 38.5 Å². The summed E-state index contributed by atoms with van der Waals surface area (Å²) in [4.78, 5) is 12.5. The third-order valence-electron chi connectivity index (χ3n) is 11.2. The van der Waals surface area contributed by atoms with Crippen molar-refractivity contribution in [2.24, 2.45) is 0 Å². The summed E-state index contributed by atoms with van der Waals surface area (Å²) < 4.78 is 0. The zero-order chi connectivity index (χ0) is 38.9. The molecule has 0 aromatic heterocycles. The van der Waals surface area contributed by atoms with Crippen molar-refractivity contribution in [2.45, 2.75) is 276 Å². The first kappa shape index (κ1) is 52.0. The van der Waals surface area contributed by atoms with Gasteiger partial charge in [-0.2, -0.15) is 0 Å². The lowest BCUT2D eigenvalue weighted by Crippen LogP contribution is -2.53. The highest BCUT2D eigenvalue weighted by Crippen LogP contribution is 2.17. The van der Waals surface area contributed by atoms with Crippen LogP contribution in [0.3, 0.4) is 0 Å². The van der Waals surface area contributed by atoms with E-state index in [1.165, 1.54) is 186 Å². The Bertz CT molecular complexity index is 761. The minimum Gasteiger partial charge on any atom is -0.394 e. The highest BCUT2D eigenvalue weighted by molar-refractivity contribution is 5.80. The van der Waals surface area contributed by atoms with Crippen molar-refractivity contribution < 1.29 is 25.2 Å². The van der Waals surface area contributed by atoms with Gasteiger partial charge in [-0.3, -0.25) is 4.79 Å². The summed E-state index contributed by atoms with van der Waals surface area (Å²) in [7, 11) is 0. The van der Waals surface area contributed by atoms with Crippen LogP contribution in [0.1, 0.15) is 251 Å². The molecule has 4 unspecified atom stereocenters. The molecule has 0 aromatic rings. The van der Waals surface area contributed by atoms with E-state index in [0.717, 1.165) is 38.5 Å². The highest BCUT2D eigenvalue weighted by atomic mass is 16.3. The third kappa shape index (κ3) is 36.4. The zero-order valence-corrected chi connectivity index (χ0v) is 35.5. The number of aliphatic hydroxyl groups excluding tert-OH is 4. The fourth-order valence-corrected chi connectivity index (χ4v) is 7.46. The Labute approximate surface area is 330 Å². The van der Waals surface area contributed by atoms with Crippen molar-refractivity contribution in [1.82, 2.24) is 5.32 Å². The molecule has 6 nitrogen and oxygen atoms in total. The van der Waals surface area contributed by atoms with E-state index in [-0.39, 0.29) is 0 Å². The second kappa shape index (κ2) is 42.2. The van der Waals surface area contributed by atoms with E-state index < -0.39 is 36.9 Å². The average molecular weight is 752 g/mol. The van der Waals surface area contributed by atoms with E-state index >= 15 is 0 Å². The van der Waals surface area contributed by atoms with Gasteiger partial charge in [0.25, 0.3) is 0 Å². The van der Waals surface area contributed by atoms with Gasteiger partial charge in [0.15, 0.2) is 0 Å². The van der Waals surface area contributed by atoms with Crippen LogP contribution in [-0.4, -0.2) is 57.3 Å². The molecule has 0 rings (SSSR count). The fraction of sp³-hybridized carbons (Fsp3) is 0.936. The first-order valence-electron chi connectivity index (χ1n) is 23.6. The molecule has 0 aromatic carbocycles. The van der Waals surface area contributed by atoms with Crippen LogP contribution in [0.4, 0.5) is 0 Å². The topological polar surface area (TPSA) is 110 Å². The molecule has 5 N–H and O–H groups in total. The molecule has 1 amide bonds. The van der Waals surface area contributed by atoms with E-state index in [4.69, 9.17) is 0 Å². The molecule has 4 atom stereocenters. The zero-order valence-electron chi connectivity index (χ0n) is 35.5. The van der Waals surface area contributed by atoms with Crippen LogP contribution in [0.15, 0.2) is 12.2 Å². The molecule has 0 bridgehead atoms. The number of carbonyl (C=O) groups excluding carboxylic acids is 1. The molecule has 0 radical (unpaired) electrons. The van der Waals surface area contributed by atoms with Crippen molar-refractivity contribution in [3.63, 3.8) is 0 Å². The molecule has 0 heterocycles. The summed E-state index contributed by atoms with van der Waals surface area (Å²) in [5, 5.41) is 43.6. The highest BCUT2D eigenvalue weighted by Gasteiger charge is 2.28. The number of hydrogen-bond donors (Lipinski definition) is 5. The lowest BCUT2D eigenvalue weighted by atomic mass is 9.99. The van der Waals surface area contributed by atoms with Crippen LogP contribution in [0.5, 0.6) is 0 Å². The molecule has 0 saturated carbocycles. The van der Waals surface area contributed by atoms with Crippen molar-refractivity contribution in [2.75, 3.05) is 6.61 Å². The van der Waals surface area contributed by atoms with Crippen molar-refractivity contribution in [3.8, 4) is 0 Å². The maximum atomic E-state index is 12.5. The maximum absolute atomic E-state index is 12.5. The summed E-state index contributed by atoms with van der Waals surface area (Å²) in [6.07, 6.45) is 46.9. The van der Waals surface area contributed by atoms with Crippen molar-refractivity contribution >= 4 is 5.91 Å². The summed E-state index contributed by atoms with van der Waals surface area (Å²) in [6.45, 7) is 4.05. The van der Waals surface area contributed by atoms with Gasteiger partial charge < -0.3 is 25.7 Å².